The number of hydrogen-bond acceptors (Lipinski definition) is 2. The third-order valence-electron chi connectivity index (χ3n) is 5.35. The fraction of sp³-hybridized carbons (Fsp3) is 0.240. The first kappa shape index (κ1) is 17.5. The van der Waals surface area contributed by atoms with Crippen molar-refractivity contribution in [2.45, 2.75) is 25.7 Å². The Labute approximate surface area is 161 Å². The highest BCUT2D eigenvalue weighted by Crippen LogP contribution is 2.46. The summed E-state index contributed by atoms with van der Waals surface area (Å²) in [5.41, 5.74) is 6.56. The van der Waals surface area contributed by atoms with E-state index in [-0.39, 0.29) is 17.3 Å². The summed E-state index contributed by atoms with van der Waals surface area (Å²) in [6, 6.07) is 17.4. The molecule has 2 aliphatic carbocycles. The Kier molecular flexibility index (Phi) is 4.57. The predicted octanol–water partition coefficient (Wildman–Crippen LogP) is 6.19. The van der Waals surface area contributed by atoms with E-state index in [1.54, 1.807) is 7.11 Å². The molecule has 4 rings (SSSR count). The highest BCUT2D eigenvalue weighted by Gasteiger charge is 2.30. The third kappa shape index (κ3) is 3.40. The molecule has 2 nitrogen and oxygen atoms in total. The van der Waals surface area contributed by atoms with Crippen molar-refractivity contribution in [2.24, 2.45) is 10.6 Å². The van der Waals surface area contributed by atoms with Gasteiger partial charge in [0.2, 0.25) is 0 Å². The van der Waals surface area contributed by atoms with Crippen LogP contribution in [0, 0.1) is 5.41 Å². The van der Waals surface area contributed by atoms with Gasteiger partial charge in [-0.2, -0.15) is 0 Å². The lowest BCUT2D eigenvalue weighted by Gasteiger charge is -2.26. The van der Waals surface area contributed by atoms with E-state index in [0.29, 0.717) is 0 Å². The van der Waals surface area contributed by atoms with Crippen molar-refractivity contribution < 1.29 is 4.84 Å². The minimum absolute atomic E-state index is 0.206. The van der Waals surface area contributed by atoms with Crippen molar-refractivity contribution in [3.63, 3.8) is 0 Å². The molecule has 2 atom stereocenters. The number of fused-ring (bicyclic) bond motifs is 2. The molecule has 0 N–H and O–H groups in total. The van der Waals surface area contributed by atoms with E-state index in [0.717, 1.165) is 0 Å². The van der Waals surface area contributed by atoms with E-state index >= 15 is 0 Å². The maximum absolute atomic E-state index is 4.93. The second kappa shape index (κ2) is 7.03. The molecule has 2 aliphatic rings. The van der Waals surface area contributed by atoms with Gasteiger partial charge in [-0.3, -0.25) is 0 Å². The molecule has 0 spiro atoms. The Balaban J connectivity index is 1.82. The summed E-state index contributed by atoms with van der Waals surface area (Å²) >= 11 is 0. The molecule has 0 aromatic heterocycles. The van der Waals surface area contributed by atoms with Crippen molar-refractivity contribution in [3.05, 3.63) is 94.6 Å². The molecular formula is C25H25NO. The molecule has 2 unspecified atom stereocenters. The lowest BCUT2D eigenvalue weighted by molar-refractivity contribution is 0.212. The minimum atomic E-state index is -0.206. The van der Waals surface area contributed by atoms with Gasteiger partial charge >= 0.3 is 0 Å². The molecule has 0 heterocycles. The van der Waals surface area contributed by atoms with E-state index in [9.17, 15) is 0 Å². The van der Waals surface area contributed by atoms with Gasteiger partial charge in [0.25, 0.3) is 0 Å². The summed E-state index contributed by atoms with van der Waals surface area (Å²) in [5.74, 6) is 0.550. The molecular weight excluding hydrogens is 330 g/mol. The largest absolute Gasteiger partial charge is 0.399 e. The van der Waals surface area contributed by atoms with Gasteiger partial charge in [0.1, 0.15) is 7.11 Å². The van der Waals surface area contributed by atoms with E-state index in [1.165, 1.54) is 27.8 Å². The molecule has 2 aromatic rings. The summed E-state index contributed by atoms with van der Waals surface area (Å²) < 4.78 is 0. The fourth-order valence-corrected chi connectivity index (χ4v) is 4.11. The lowest BCUT2D eigenvalue weighted by Crippen LogP contribution is -2.15. The average molecular weight is 355 g/mol. The molecule has 0 saturated heterocycles. The first-order chi connectivity index (χ1) is 13.1. The monoisotopic (exact) mass is 355 g/mol. The van der Waals surface area contributed by atoms with Crippen LogP contribution in [0.5, 0.6) is 0 Å². The Morgan fingerprint density at radius 2 is 1.41 bits per heavy atom. The van der Waals surface area contributed by atoms with Gasteiger partial charge in [0, 0.05) is 17.3 Å². The normalized spacial score (nSPS) is 20.0. The van der Waals surface area contributed by atoms with Crippen LogP contribution in [0.4, 0.5) is 0 Å². The summed E-state index contributed by atoms with van der Waals surface area (Å²) in [5, 5.41) is 4.03. The van der Waals surface area contributed by atoms with Crippen LogP contribution in [0.25, 0.3) is 12.2 Å². The summed E-state index contributed by atoms with van der Waals surface area (Å²) in [6.07, 6.45) is 13.4. The van der Waals surface area contributed by atoms with Crippen molar-refractivity contribution in [1.29, 1.82) is 0 Å². The minimum Gasteiger partial charge on any atom is -0.399 e. The Bertz CT molecular complexity index is 898. The molecule has 0 bridgehead atoms. The Morgan fingerprint density at radius 1 is 0.889 bits per heavy atom. The van der Waals surface area contributed by atoms with Crippen molar-refractivity contribution in [1.82, 2.24) is 0 Å². The zero-order valence-corrected chi connectivity index (χ0v) is 16.1. The second-order valence-electron chi connectivity index (χ2n) is 7.81. The van der Waals surface area contributed by atoms with Crippen LogP contribution >= 0.6 is 0 Å². The Morgan fingerprint density at radius 3 is 1.93 bits per heavy atom. The zero-order valence-electron chi connectivity index (χ0n) is 16.1. The van der Waals surface area contributed by atoms with E-state index in [2.05, 4.69) is 97.9 Å². The molecule has 0 amide bonds. The molecule has 0 saturated carbocycles. The van der Waals surface area contributed by atoms with Gasteiger partial charge in [-0.1, -0.05) is 103 Å². The SMILES string of the molecule is CO/N=C/C(C)(C)C=C(C1C=Cc2ccccc21)C1C=Cc2ccccc21. The summed E-state index contributed by atoms with van der Waals surface area (Å²) in [6.45, 7) is 4.34. The van der Waals surface area contributed by atoms with Crippen LogP contribution in [0.3, 0.4) is 0 Å². The van der Waals surface area contributed by atoms with Crippen LogP contribution in [0.1, 0.15) is 47.9 Å². The molecule has 0 radical (unpaired) electrons. The third-order valence-corrected chi connectivity index (χ3v) is 5.35. The number of rotatable bonds is 5. The van der Waals surface area contributed by atoms with E-state index < -0.39 is 0 Å². The van der Waals surface area contributed by atoms with Gasteiger partial charge in [0.05, 0.1) is 6.21 Å². The highest BCUT2D eigenvalue weighted by molar-refractivity contribution is 5.72. The van der Waals surface area contributed by atoms with Crippen LogP contribution in [-0.2, 0) is 4.84 Å². The van der Waals surface area contributed by atoms with Crippen molar-refractivity contribution in [3.8, 4) is 0 Å². The van der Waals surface area contributed by atoms with Crippen LogP contribution in [-0.4, -0.2) is 13.3 Å². The number of nitrogens with zero attached hydrogens (tertiary/aromatic N) is 1. The van der Waals surface area contributed by atoms with Crippen molar-refractivity contribution >= 4 is 18.4 Å². The maximum atomic E-state index is 4.93. The number of benzene rings is 2. The average Bonchev–Trinajstić information content (AvgIpc) is 3.29. The quantitative estimate of drug-likeness (QED) is 0.356. The summed E-state index contributed by atoms with van der Waals surface area (Å²) in [4.78, 5) is 4.93. The van der Waals surface area contributed by atoms with Gasteiger partial charge in [-0.05, 0) is 22.3 Å². The number of oxime groups is 1. The van der Waals surface area contributed by atoms with Crippen molar-refractivity contribution in [2.75, 3.05) is 7.11 Å². The smallest absolute Gasteiger partial charge is 0.106 e. The van der Waals surface area contributed by atoms with Crippen LogP contribution in [0.2, 0.25) is 0 Å². The van der Waals surface area contributed by atoms with Gasteiger partial charge < -0.3 is 4.84 Å². The van der Waals surface area contributed by atoms with E-state index in [1.807, 2.05) is 6.21 Å². The molecule has 136 valence electrons. The molecule has 0 fully saturated rings. The predicted molar refractivity (Wildman–Crippen MR) is 114 cm³/mol. The molecule has 2 heteroatoms. The molecule has 0 aliphatic heterocycles. The standard InChI is InChI=1S/C25H25NO/c1-25(2,17-26-27-3)16-24(22-14-12-18-8-4-6-10-20(18)22)23-15-13-19-9-5-7-11-21(19)23/h4-17,22-23H,1-3H3/b24-16?,26-17+. The number of allylic oxidation sites excluding steroid dienone is 4. The summed E-state index contributed by atoms with van der Waals surface area (Å²) in [7, 11) is 1.59. The molecule has 2 aromatic carbocycles. The second-order valence-corrected chi connectivity index (χ2v) is 7.81. The first-order valence-electron chi connectivity index (χ1n) is 9.44. The van der Waals surface area contributed by atoms with E-state index in [4.69, 9.17) is 4.84 Å². The highest BCUT2D eigenvalue weighted by atomic mass is 16.6. The first-order valence-corrected chi connectivity index (χ1v) is 9.44. The molecule has 27 heavy (non-hydrogen) atoms. The maximum Gasteiger partial charge on any atom is 0.106 e. The topological polar surface area (TPSA) is 21.6 Å². The number of hydrogen-bond donors (Lipinski definition) is 0. The van der Waals surface area contributed by atoms with Crippen LogP contribution in [0.15, 0.2) is 77.5 Å². The fourth-order valence-electron chi connectivity index (χ4n) is 4.11. The van der Waals surface area contributed by atoms with Gasteiger partial charge in [-0.25, -0.2) is 0 Å². The Hall–Kier alpha value is -2.87. The zero-order chi connectivity index (χ0) is 18.9. The van der Waals surface area contributed by atoms with Gasteiger partial charge in [-0.15, -0.1) is 0 Å². The van der Waals surface area contributed by atoms with Gasteiger partial charge in [0.15, 0.2) is 0 Å². The van der Waals surface area contributed by atoms with Crippen LogP contribution < -0.4 is 0 Å². The lowest BCUT2D eigenvalue weighted by atomic mass is 9.78.